The molecule has 3 aromatic rings. The molecule has 0 atom stereocenters. The number of para-hydroxylation sites is 1. The number of thioether (sulfide) groups is 1. The van der Waals surface area contributed by atoms with Crippen LogP contribution in [0.5, 0.6) is 5.75 Å². The normalized spacial score (nSPS) is 13.9. The molecule has 0 unspecified atom stereocenters. The van der Waals surface area contributed by atoms with E-state index in [2.05, 4.69) is 13.0 Å². The van der Waals surface area contributed by atoms with Gasteiger partial charge in [0.25, 0.3) is 5.56 Å². The van der Waals surface area contributed by atoms with E-state index in [1.54, 1.807) is 11.8 Å². The molecule has 0 spiro atoms. The van der Waals surface area contributed by atoms with Gasteiger partial charge in [-0.25, -0.2) is 4.98 Å². The molecule has 1 aromatic heterocycles. The van der Waals surface area contributed by atoms with Gasteiger partial charge in [0.05, 0.1) is 17.5 Å². The first-order chi connectivity index (χ1) is 12.7. The van der Waals surface area contributed by atoms with Crippen LogP contribution >= 0.6 is 11.8 Å². The molecule has 0 N–H and O–H groups in total. The molecule has 4 nitrogen and oxygen atoms in total. The van der Waals surface area contributed by atoms with Gasteiger partial charge in [-0.15, -0.1) is 0 Å². The Morgan fingerprint density at radius 2 is 2.04 bits per heavy atom. The monoisotopic (exact) mass is 366 g/mol. The Hall–Kier alpha value is -2.27. The van der Waals surface area contributed by atoms with E-state index in [0.29, 0.717) is 18.0 Å². The SMILES string of the molecule is Cc1cccc(OCCCSc2nc3ccccc3c(=O)n2C2CC2)c1. The highest BCUT2D eigenvalue weighted by Gasteiger charge is 2.28. The summed E-state index contributed by atoms with van der Waals surface area (Å²) in [5.74, 6) is 1.79. The highest BCUT2D eigenvalue weighted by Crippen LogP contribution is 2.36. The van der Waals surface area contributed by atoms with Crippen molar-refractivity contribution in [1.29, 1.82) is 0 Å². The Kier molecular flexibility index (Phi) is 4.98. The van der Waals surface area contributed by atoms with Crippen molar-refractivity contribution in [3.05, 3.63) is 64.4 Å². The van der Waals surface area contributed by atoms with Gasteiger partial charge in [-0.2, -0.15) is 0 Å². The summed E-state index contributed by atoms with van der Waals surface area (Å²) in [7, 11) is 0. The summed E-state index contributed by atoms with van der Waals surface area (Å²) < 4.78 is 7.70. The lowest BCUT2D eigenvalue weighted by molar-refractivity contribution is 0.318. The van der Waals surface area contributed by atoms with Crippen LogP contribution in [0.1, 0.15) is 30.9 Å². The van der Waals surface area contributed by atoms with Crippen LogP contribution < -0.4 is 10.3 Å². The molecule has 0 radical (unpaired) electrons. The highest BCUT2D eigenvalue weighted by atomic mass is 32.2. The average molecular weight is 366 g/mol. The van der Waals surface area contributed by atoms with Gasteiger partial charge in [0.15, 0.2) is 5.16 Å². The maximum absolute atomic E-state index is 12.8. The van der Waals surface area contributed by atoms with Crippen LogP contribution in [0, 0.1) is 6.92 Å². The van der Waals surface area contributed by atoms with E-state index in [4.69, 9.17) is 9.72 Å². The van der Waals surface area contributed by atoms with Gasteiger partial charge in [-0.1, -0.05) is 36.0 Å². The molecular weight excluding hydrogens is 344 g/mol. The van der Waals surface area contributed by atoms with E-state index < -0.39 is 0 Å². The molecule has 1 fully saturated rings. The van der Waals surface area contributed by atoms with Crippen LogP contribution in [0.25, 0.3) is 10.9 Å². The zero-order chi connectivity index (χ0) is 17.9. The molecule has 4 rings (SSSR count). The minimum Gasteiger partial charge on any atom is -0.494 e. The van der Waals surface area contributed by atoms with Gasteiger partial charge in [-0.05, 0) is 56.0 Å². The van der Waals surface area contributed by atoms with E-state index >= 15 is 0 Å². The van der Waals surface area contributed by atoms with Crippen LogP contribution in [0.3, 0.4) is 0 Å². The van der Waals surface area contributed by atoms with E-state index in [-0.39, 0.29) is 5.56 Å². The second-order valence-corrected chi connectivity index (χ2v) is 7.75. The summed E-state index contributed by atoms with van der Waals surface area (Å²) in [6, 6.07) is 16.0. The second-order valence-electron chi connectivity index (χ2n) is 6.68. The molecule has 26 heavy (non-hydrogen) atoms. The topological polar surface area (TPSA) is 44.1 Å². The van der Waals surface area contributed by atoms with Crippen molar-refractivity contribution in [1.82, 2.24) is 9.55 Å². The molecule has 2 aromatic carbocycles. The van der Waals surface area contributed by atoms with Crippen molar-refractivity contribution < 1.29 is 4.74 Å². The first-order valence-electron chi connectivity index (χ1n) is 9.06. The molecular formula is C21H22N2O2S. The van der Waals surface area contributed by atoms with Crippen molar-refractivity contribution >= 4 is 22.7 Å². The van der Waals surface area contributed by atoms with Crippen LogP contribution in [0.4, 0.5) is 0 Å². The molecule has 0 saturated heterocycles. The third-order valence-corrected chi connectivity index (χ3v) is 5.50. The fraction of sp³-hybridized carbons (Fsp3) is 0.333. The highest BCUT2D eigenvalue weighted by molar-refractivity contribution is 7.99. The lowest BCUT2D eigenvalue weighted by Gasteiger charge is -2.12. The fourth-order valence-electron chi connectivity index (χ4n) is 3.00. The van der Waals surface area contributed by atoms with Gasteiger partial charge in [0.2, 0.25) is 0 Å². The number of aryl methyl sites for hydroxylation is 1. The van der Waals surface area contributed by atoms with Crippen molar-refractivity contribution in [3.63, 3.8) is 0 Å². The Morgan fingerprint density at radius 1 is 1.19 bits per heavy atom. The van der Waals surface area contributed by atoms with Gasteiger partial charge in [0.1, 0.15) is 5.75 Å². The average Bonchev–Trinajstić information content (AvgIpc) is 3.46. The van der Waals surface area contributed by atoms with E-state index in [1.807, 2.05) is 47.0 Å². The molecule has 5 heteroatoms. The molecule has 0 amide bonds. The maximum atomic E-state index is 12.8. The van der Waals surface area contributed by atoms with E-state index in [9.17, 15) is 4.79 Å². The summed E-state index contributed by atoms with van der Waals surface area (Å²) >= 11 is 1.65. The predicted molar refractivity (Wildman–Crippen MR) is 106 cm³/mol. The summed E-state index contributed by atoms with van der Waals surface area (Å²) in [6.45, 7) is 2.73. The lowest BCUT2D eigenvalue weighted by Crippen LogP contribution is -2.22. The molecule has 1 heterocycles. The van der Waals surface area contributed by atoms with Crippen molar-refractivity contribution in [2.24, 2.45) is 0 Å². The Labute approximate surface area is 157 Å². The standard InChI is InChI=1S/C21H22N2O2S/c1-15-6-4-7-17(14-15)25-12-5-13-26-21-22-19-9-3-2-8-18(19)20(24)23(21)16-10-11-16/h2-4,6-9,14,16H,5,10-13H2,1H3. The minimum atomic E-state index is 0.0941. The first-order valence-corrected chi connectivity index (χ1v) is 10.0. The Balaban J connectivity index is 1.42. The first kappa shape index (κ1) is 17.2. The zero-order valence-electron chi connectivity index (χ0n) is 14.9. The largest absolute Gasteiger partial charge is 0.494 e. The quantitative estimate of drug-likeness (QED) is 0.348. The number of hydrogen-bond acceptors (Lipinski definition) is 4. The number of benzene rings is 2. The maximum Gasteiger partial charge on any atom is 0.262 e. The number of nitrogens with zero attached hydrogens (tertiary/aromatic N) is 2. The number of aromatic nitrogens is 2. The van der Waals surface area contributed by atoms with Gasteiger partial charge < -0.3 is 4.74 Å². The lowest BCUT2D eigenvalue weighted by atomic mass is 10.2. The summed E-state index contributed by atoms with van der Waals surface area (Å²) in [6.07, 6.45) is 3.06. The van der Waals surface area contributed by atoms with Crippen LogP contribution in [0.2, 0.25) is 0 Å². The third-order valence-electron chi connectivity index (χ3n) is 4.47. The number of fused-ring (bicyclic) bond motifs is 1. The number of hydrogen-bond donors (Lipinski definition) is 0. The molecule has 1 aliphatic carbocycles. The van der Waals surface area contributed by atoms with Crippen molar-refractivity contribution in [2.75, 3.05) is 12.4 Å². The Morgan fingerprint density at radius 3 is 2.85 bits per heavy atom. The summed E-state index contributed by atoms with van der Waals surface area (Å²) in [5.41, 5.74) is 2.08. The zero-order valence-corrected chi connectivity index (χ0v) is 15.7. The predicted octanol–water partition coefficient (Wildman–Crippen LogP) is 4.60. The molecule has 1 aliphatic rings. The van der Waals surface area contributed by atoms with Crippen molar-refractivity contribution in [3.8, 4) is 5.75 Å². The Bertz CT molecular complexity index is 979. The molecule has 0 bridgehead atoms. The van der Waals surface area contributed by atoms with Crippen LogP contribution in [-0.2, 0) is 0 Å². The van der Waals surface area contributed by atoms with E-state index in [1.165, 1.54) is 5.56 Å². The van der Waals surface area contributed by atoms with Crippen LogP contribution in [0.15, 0.2) is 58.5 Å². The minimum absolute atomic E-state index is 0.0941. The van der Waals surface area contributed by atoms with Crippen LogP contribution in [-0.4, -0.2) is 21.9 Å². The van der Waals surface area contributed by atoms with Crippen molar-refractivity contribution in [2.45, 2.75) is 37.4 Å². The third kappa shape index (κ3) is 3.78. The summed E-state index contributed by atoms with van der Waals surface area (Å²) in [5, 5.41) is 1.55. The smallest absolute Gasteiger partial charge is 0.262 e. The molecule has 0 aliphatic heterocycles. The number of ether oxygens (including phenoxy) is 1. The molecule has 134 valence electrons. The van der Waals surface area contributed by atoms with Gasteiger partial charge in [0, 0.05) is 11.8 Å². The van der Waals surface area contributed by atoms with Gasteiger partial charge in [-0.3, -0.25) is 9.36 Å². The fourth-order valence-corrected chi connectivity index (χ4v) is 3.98. The number of rotatable bonds is 7. The summed E-state index contributed by atoms with van der Waals surface area (Å²) in [4.78, 5) is 17.6. The van der Waals surface area contributed by atoms with Gasteiger partial charge >= 0.3 is 0 Å². The molecule has 1 saturated carbocycles. The van der Waals surface area contributed by atoms with E-state index in [0.717, 1.165) is 41.4 Å². The second kappa shape index (κ2) is 7.54.